The highest BCUT2D eigenvalue weighted by Gasteiger charge is 2.21. The first-order chi connectivity index (χ1) is 10.1. The molecule has 1 saturated heterocycles. The van der Waals surface area contributed by atoms with E-state index in [4.69, 9.17) is 4.74 Å². The van der Waals surface area contributed by atoms with Gasteiger partial charge in [0.15, 0.2) is 0 Å². The molecule has 0 saturated carbocycles. The molecule has 0 aromatic heterocycles. The summed E-state index contributed by atoms with van der Waals surface area (Å²) in [6.45, 7) is 7.53. The summed E-state index contributed by atoms with van der Waals surface area (Å²) < 4.78 is 5.47. The Morgan fingerprint density at radius 1 is 1.33 bits per heavy atom. The number of rotatable bonds is 7. The summed E-state index contributed by atoms with van der Waals surface area (Å²) in [5, 5.41) is 0. The van der Waals surface area contributed by atoms with Crippen molar-refractivity contribution in [3.63, 3.8) is 0 Å². The molecular formula is C17H26N2O2. The molecule has 1 aromatic rings. The van der Waals surface area contributed by atoms with Gasteiger partial charge in [-0.3, -0.25) is 9.69 Å². The van der Waals surface area contributed by atoms with Gasteiger partial charge in [-0.15, -0.1) is 0 Å². The first kappa shape index (κ1) is 15.8. The van der Waals surface area contributed by atoms with Crippen LogP contribution in [0, 0.1) is 0 Å². The van der Waals surface area contributed by atoms with E-state index in [1.54, 1.807) is 0 Å². The SMILES string of the molecule is CCOc1ccc([C@@H](C)N(C)CCN2CCCC2=O)cc1. The van der Waals surface area contributed by atoms with E-state index in [2.05, 4.69) is 31.0 Å². The number of carbonyl (C=O) groups is 1. The van der Waals surface area contributed by atoms with Gasteiger partial charge in [-0.05, 0) is 45.0 Å². The van der Waals surface area contributed by atoms with Gasteiger partial charge < -0.3 is 9.64 Å². The molecule has 1 amide bonds. The van der Waals surface area contributed by atoms with Crippen molar-refractivity contribution in [3.05, 3.63) is 29.8 Å². The average molecular weight is 290 g/mol. The third kappa shape index (κ3) is 4.21. The second-order valence-electron chi connectivity index (χ2n) is 5.64. The molecule has 0 spiro atoms. The Labute approximate surface area is 127 Å². The predicted octanol–water partition coefficient (Wildman–Crippen LogP) is 2.70. The number of hydrogen-bond donors (Lipinski definition) is 0. The maximum atomic E-state index is 11.6. The van der Waals surface area contributed by atoms with Crippen LogP contribution < -0.4 is 4.74 Å². The maximum Gasteiger partial charge on any atom is 0.222 e. The summed E-state index contributed by atoms with van der Waals surface area (Å²) in [6.07, 6.45) is 1.73. The van der Waals surface area contributed by atoms with E-state index < -0.39 is 0 Å². The molecule has 1 aliphatic heterocycles. The minimum absolute atomic E-state index is 0.303. The van der Waals surface area contributed by atoms with Crippen molar-refractivity contribution in [1.82, 2.24) is 9.80 Å². The van der Waals surface area contributed by atoms with Gasteiger partial charge in [-0.1, -0.05) is 12.1 Å². The lowest BCUT2D eigenvalue weighted by Crippen LogP contribution is -2.35. The fraction of sp³-hybridized carbons (Fsp3) is 0.588. The number of carbonyl (C=O) groups excluding carboxylic acids is 1. The molecule has 0 N–H and O–H groups in total. The average Bonchev–Trinajstić information content (AvgIpc) is 2.90. The number of ether oxygens (including phenoxy) is 1. The maximum absolute atomic E-state index is 11.6. The molecule has 1 atom stereocenters. The van der Waals surface area contributed by atoms with Crippen molar-refractivity contribution >= 4 is 5.91 Å². The van der Waals surface area contributed by atoms with Gasteiger partial charge >= 0.3 is 0 Å². The molecule has 21 heavy (non-hydrogen) atoms. The van der Waals surface area contributed by atoms with Crippen LogP contribution in [-0.4, -0.2) is 49.0 Å². The number of hydrogen-bond acceptors (Lipinski definition) is 3. The minimum atomic E-state index is 0.303. The second-order valence-corrected chi connectivity index (χ2v) is 5.64. The Hall–Kier alpha value is -1.55. The predicted molar refractivity (Wildman–Crippen MR) is 84.5 cm³/mol. The van der Waals surface area contributed by atoms with Crippen LogP contribution in [-0.2, 0) is 4.79 Å². The van der Waals surface area contributed by atoms with Crippen molar-refractivity contribution in [2.75, 3.05) is 33.3 Å². The quantitative estimate of drug-likeness (QED) is 0.774. The van der Waals surface area contributed by atoms with Gasteiger partial charge in [0.25, 0.3) is 0 Å². The van der Waals surface area contributed by atoms with E-state index in [1.165, 1.54) is 5.56 Å². The van der Waals surface area contributed by atoms with Crippen LogP contribution in [0.1, 0.15) is 38.3 Å². The zero-order valence-corrected chi connectivity index (χ0v) is 13.3. The first-order valence-electron chi connectivity index (χ1n) is 7.82. The monoisotopic (exact) mass is 290 g/mol. The van der Waals surface area contributed by atoms with Crippen molar-refractivity contribution in [2.45, 2.75) is 32.7 Å². The van der Waals surface area contributed by atoms with Crippen LogP contribution in [0.2, 0.25) is 0 Å². The number of likely N-dealkylation sites (N-methyl/N-ethyl adjacent to an activating group) is 1. The van der Waals surface area contributed by atoms with Gasteiger partial charge in [-0.2, -0.15) is 0 Å². The molecule has 4 heteroatoms. The fourth-order valence-corrected chi connectivity index (χ4v) is 2.68. The van der Waals surface area contributed by atoms with E-state index in [1.807, 2.05) is 24.0 Å². The lowest BCUT2D eigenvalue weighted by Gasteiger charge is -2.27. The standard InChI is InChI=1S/C17H26N2O2/c1-4-21-16-9-7-15(8-10-16)14(2)18(3)12-13-19-11-5-6-17(19)20/h7-10,14H,4-6,11-13H2,1-3H3/t14-/m1/s1. The Kier molecular flexibility index (Phi) is 5.62. The van der Waals surface area contributed by atoms with Crippen LogP contribution in [0.3, 0.4) is 0 Å². The highest BCUT2D eigenvalue weighted by Crippen LogP contribution is 2.22. The number of nitrogens with zero attached hydrogens (tertiary/aromatic N) is 2. The molecule has 1 fully saturated rings. The Balaban J connectivity index is 1.86. The summed E-state index contributed by atoms with van der Waals surface area (Å²) in [7, 11) is 2.11. The zero-order chi connectivity index (χ0) is 15.2. The topological polar surface area (TPSA) is 32.8 Å². The van der Waals surface area contributed by atoms with Crippen molar-refractivity contribution in [3.8, 4) is 5.75 Å². The Morgan fingerprint density at radius 3 is 2.62 bits per heavy atom. The van der Waals surface area contributed by atoms with E-state index in [-0.39, 0.29) is 0 Å². The Morgan fingerprint density at radius 2 is 2.05 bits per heavy atom. The van der Waals surface area contributed by atoms with Gasteiger partial charge in [0.05, 0.1) is 6.61 Å². The third-order valence-corrected chi connectivity index (χ3v) is 4.23. The lowest BCUT2D eigenvalue weighted by atomic mass is 10.1. The van der Waals surface area contributed by atoms with Crippen LogP contribution in [0.15, 0.2) is 24.3 Å². The number of benzene rings is 1. The summed E-state index contributed by atoms with van der Waals surface area (Å²) in [5.74, 6) is 1.22. The van der Waals surface area contributed by atoms with Crippen molar-refractivity contribution < 1.29 is 9.53 Å². The van der Waals surface area contributed by atoms with Gasteiger partial charge in [0, 0.05) is 32.1 Å². The molecule has 2 rings (SSSR count). The number of amides is 1. The highest BCUT2D eigenvalue weighted by atomic mass is 16.5. The normalized spacial score (nSPS) is 16.6. The molecule has 116 valence electrons. The summed E-state index contributed by atoms with van der Waals surface area (Å²) in [5.41, 5.74) is 1.27. The van der Waals surface area contributed by atoms with Crippen molar-refractivity contribution in [2.24, 2.45) is 0 Å². The molecular weight excluding hydrogens is 264 g/mol. The molecule has 1 heterocycles. The van der Waals surface area contributed by atoms with Crippen LogP contribution in [0.4, 0.5) is 0 Å². The summed E-state index contributed by atoms with van der Waals surface area (Å²) in [6, 6.07) is 8.61. The molecule has 1 aromatic carbocycles. The van der Waals surface area contributed by atoms with E-state index in [0.29, 0.717) is 18.6 Å². The molecule has 1 aliphatic rings. The molecule has 0 aliphatic carbocycles. The van der Waals surface area contributed by atoms with Crippen LogP contribution in [0.25, 0.3) is 0 Å². The highest BCUT2D eigenvalue weighted by molar-refractivity contribution is 5.78. The smallest absolute Gasteiger partial charge is 0.222 e. The van der Waals surface area contributed by atoms with E-state index in [9.17, 15) is 4.79 Å². The van der Waals surface area contributed by atoms with Crippen LogP contribution in [0.5, 0.6) is 5.75 Å². The lowest BCUT2D eigenvalue weighted by molar-refractivity contribution is -0.127. The molecule has 4 nitrogen and oxygen atoms in total. The first-order valence-corrected chi connectivity index (χ1v) is 7.82. The number of likely N-dealkylation sites (tertiary alicyclic amines) is 1. The summed E-state index contributed by atoms with van der Waals surface area (Å²) >= 11 is 0. The van der Waals surface area contributed by atoms with Crippen LogP contribution >= 0.6 is 0 Å². The Bertz CT molecular complexity index is 458. The fourth-order valence-electron chi connectivity index (χ4n) is 2.68. The second kappa shape index (κ2) is 7.46. The van der Waals surface area contributed by atoms with E-state index in [0.717, 1.165) is 38.2 Å². The summed E-state index contributed by atoms with van der Waals surface area (Å²) in [4.78, 5) is 15.9. The molecule has 0 bridgehead atoms. The molecule has 0 radical (unpaired) electrons. The zero-order valence-electron chi connectivity index (χ0n) is 13.3. The third-order valence-electron chi connectivity index (χ3n) is 4.23. The van der Waals surface area contributed by atoms with E-state index >= 15 is 0 Å². The van der Waals surface area contributed by atoms with Gasteiger partial charge in [0.2, 0.25) is 5.91 Å². The van der Waals surface area contributed by atoms with Gasteiger partial charge in [-0.25, -0.2) is 0 Å². The van der Waals surface area contributed by atoms with Crippen molar-refractivity contribution in [1.29, 1.82) is 0 Å². The largest absolute Gasteiger partial charge is 0.494 e. The molecule has 0 unspecified atom stereocenters. The minimum Gasteiger partial charge on any atom is -0.494 e. The van der Waals surface area contributed by atoms with Gasteiger partial charge in [0.1, 0.15) is 5.75 Å².